The van der Waals surface area contributed by atoms with E-state index in [2.05, 4.69) is 31.2 Å². The Morgan fingerprint density at radius 3 is 2.64 bits per heavy atom. The van der Waals surface area contributed by atoms with E-state index in [0.29, 0.717) is 0 Å². The Hall–Kier alpha value is -0.0800. The molecule has 2 atom stereocenters. The van der Waals surface area contributed by atoms with E-state index in [-0.39, 0.29) is 0 Å². The van der Waals surface area contributed by atoms with E-state index in [1.54, 1.807) is 0 Å². The summed E-state index contributed by atoms with van der Waals surface area (Å²) >= 11 is 0. The molecule has 1 aliphatic carbocycles. The van der Waals surface area contributed by atoms with Gasteiger partial charge in [-0.3, -0.25) is 0 Å². The van der Waals surface area contributed by atoms with Crippen molar-refractivity contribution in [2.75, 3.05) is 20.6 Å². The zero-order valence-corrected chi connectivity index (χ0v) is 7.93. The van der Waals surface area contributed by atoms with Crippen molar-refractivity contribution in [2.24, 2.45) is 0 Å². The zero-order chi connectivity index (χ0) is 8.27. The molecule has 0 amide bonds. The van der Waals surface area contributed by atoms with Crippen LogP contribution in [-0.4, -0.2) is 37.6 Å². The molecule has 66 valence electrons. The molecule has 11 heavy (non-hydrogen) atoms. The molecular weight excluding hydrogens is 136 g/mol. The van der Waals surface area contributed by atoms with E-state index in [9.17, 15) is 0 Å². The molecule has 2 unspecified atom stereocenters. The Bertz CT molecular complexity index is 112. The first-order valence-corrected chi connectivity index (χ1v) is 4.65. The van der Waals surface area contributed by atoms with E-state index < -0.39 is 0 Å². The third-order valence-corrected chi connectivity index (χ3v) is 2.61. The number of nitrogens with zero attached hydrogens (tertiary/aromatic N) is 1. The van der Waals surface area contributed by atoms with Crippen LogP contribution in [0, 0.1) is 0 Å². The third-order valence-electron chi connectivity index (χ3n) is 2.61. The summed E-state index contributed by atoms with van der Waals surface area (Å²) in [5, 5.41) is 3.53. The van der Waals surface area contributed by atoms with Gasteiger partial charge in [0.15, 0.2) is 0 Å². The molecule has 1 aliphatic rings. The highest BCUT2D eigenvalue weighted by atomic mass is 15.1. The molecule has 0 aromatic heterocycles. The van der Waals surface area contributed by atoms with Crippen molar-refractivity contribution in [2.45, 2.75) is 38.3 Å². The molecular formula is C9H20N2. The molecule has 0 aromatic rings. The van der Waals surface area contributed by atoms with Crippen molar-refractivity contribution in [1.82, 2.24) is 10.2 Å². The summed E-state index contributed by atoms with van der Waals surface area (Å²) in [7, 11) is 4.36. The molecule has 0 radical (unpaired) electrons. The van der Waals surface area contributed by atoms with Gasteiger partial charge in [0.25, 0.3) is 0 Å². The van der Waals surface area contributed by atoms with Crippen molar-refractivity contribution in [3.8, 4) is 0 Å². The lowest BCUT2D eigenvalue weighted by atomic mass is 10.1. The first kappa shape index (κ1) is 9.01. The molecule has 1 rings (SSSR count). The van der Waals surface area contributed by atoms with E-state index in [0.717, 1.165) is 18.6 Å². The molecule has 1 N–H and O–H groups in total. The lowest BCUT2D eigenvalue weighted by molar-refractivity contribution is 0.255. The van der Waals surface area contributed by atoms with Gasteiger partial charge >= 0.3 is 0 Å². The monoisotopic (exact) mass is 156 g/mol. The summed E-state index contributed by atoms with van der Waals surface area (Å²) in [4.78, 5) is 2.35. The minimum atomic E-state index is 0.745. The van der Waals surface area contributed by atoms with Crippen LogP contribution >= 0.6 is 0 Å². The van der Waals surface area contributed by atoms with Gasteiger partial charge in [0.05, 0.1) is 0 Å². The number of hydrogen-bond donors (Lipinski definition) is 1. The highest BCUT2D eigenvalue weighted by Crippen LogP contribution is 2.22. The number of nitrogens with one attached hydrogen (secondary N) is 1. The largest absolute Gasteiger partial charge is 0.313 e. The van der Waals surface area contributed by atoms with Crippen LogP contribution in [0.4, 0.5) is 0 Å². The molecule has 1 fully saturated rings. The minimum absolute atomic E-state index is 0.745. The highest BCUT2D eigenvalue weighted by molar-refractivity contribution is 4.87. The third kappa shape index (κ3) is 2.17. The van der Waals surface area contributed by atoms with Crippen LogP contribution in [0.3, 0.4) is 0 Å². The van der Waals surface area contributed by atoms with Crippen LogP contribution in [0.15, 0.2) is 0 Å². The van der Waals surface area contributed by atoms with E-state index in [1.165, 1.54) is 19.3 Å². The summed E-state index contributed by atoms with van der Waals surface area (Å²) in [6, 6.07) is 1.52. The molecule has 2 heteroatoms. The summed E-state index contributed by atoms with van der Waals surface area (Å²) in [5.41, 5.74) is 0. The zero-order valence-electron chi connectivity index (χ0n) is 7.93. The minimum Gasteiger partial charge on any atom is -0.313 e. The van der Waals surface area contributed by atoms with Crippen LogP contribution in [0.5, 0.6) is 0 Å². The maximum atomic E-state index is 3.53. The molecule has 0 aromatic carbocycles. The molecule has 2 nitrogen and oxygen atoms in total. The molecule has 0 bridgehead atoms. The van der Waals surface area contributed by atoms with Gasteiger partial charge in [0.2, 0.25) is 0 Å². The maximum Gasteiger partial charge on any atom is 0.0243 e. The average molecular weight is 156 g/mol. The molecule has 0 saturated heterocycles. The van der Waals surface area contributed by atoms with E-state index >= 15 is 0 Å². The van der Waals surface area contributed by atoms with Crippen LogP contribution in [0.1, 0.15) is 26.2 Å². The summed E-state index contributed by atoms with van der Waals surface area (Å²) < 4.78 is 0. The topological polar surface area (TPSA) is 15.3 Å². The second kappa shape index (κ2) is 4.07. The van der Waals surface area contributed by atoms with Crippen molar-refractivity contribution < 1.29 is 0 Å². The predicted molar refractivity (Wildman–Crippen MR) is 48.8 cm³/mol. The molecule has 0 spiro atoms. The highest BCUT2D eigenvalue weighted by Gasteiger charge is 2.27. The fourth-order valence-corrected chi connectivity index (χ4v) is 2.06. The number of rotatable bonds is 3. The Labute approximate surface area is 70.0 Å². The Balaban J connectivity index is 2.37. The Morgan fingerprint density at radius 1 is 1.36 bits per heavy atom. The van der Waals surface area contributed by atoms with Gasteiger partial charge in [-0.05, 0) is 33.5 Å². The van der Waals surface area contributed by atoms with Crippen LogP contribution in [0.2, 0.25) is 0 Å². The lowest BCUT2D eigenvalue weighted by Crippen LogP contribution is -2.43. The van der Waals surface area contributed by atoms with Crippen LogP contribution in [-0.2, 0) is 0 Å². The first-order chi connectivity index (χ1) is 5.25. The lowest BCUT2D eigenvalue weighted by Gasteiger charge is -2.26. The van der Waals surface area contributed by atoms with Gasteiger partial charge in [-0.2, -0.15) is 0 Å². The average Bonchev–Trinajstić information content (AvgIpc) is 2.36. The van der Waals surface area contributed by atoms with Crippen LogP contribution in [0.25, 0.3) is 0 Å². The normalized spacial score (nSPS) is 31.6. The standard InChI is InChI=1S/C9H20N2/c1-4-10-8-6-5-7-9(8)11(2)3/h8-10H,4-7H2,1-3H3. The summed E-state index contributed by atoms with van der Waals surface area (Å²) in [6.07, 6.45) is 4.11. The second-order valence-corrected chi connectivity index (χ2v) is 3.63. The van der Waals surface area contributed by atoms with Crippen molar-refractivity contribution in [3.63, 3.8) is 0 Å². The first-order valence-electron chi connectivity index (χ1n) is 4.65. The van der Waals surface area contributed by atoms with Gasteiger partial charge in [-0.25, -0.2) is 0 Å². The summed E-state index contributed by atoms with van der Waals surface area (Å²) in [5.74, 6) is 0. The van der Waals surface area contributed by atoms with Crippen LogP contribution < -0.4 is 5.32 Å². The van der Waals surface area contributed by atoms with Gasteiger partial charge in [0.1, 0.15) is 0 Å². The number of hydrogen-bond acceptors (Lipinski definition) is 2. The SMILES string of the molecule is CCNC1CCCC1N(C)C. The van der Waals surface area contributed by atoms with Crippen molar-refractivity contribution in [3.05, 3.63) is 0 Å². The fourth-order valence-electron chi connectivity index (χ4n) is 2.06. The second-order valence-electron chi connectivity index (χ2n) is 3.63. The van der Waals surface area contributed by atoms with Gasteiger partial charge in [-0.1, -0.05) is 13.3 Å². The number of likely N-dealkylation sites (N-methyl/N-ethyl adjacent to an activating group) is 2. The molecule has 1 saturated carbocycles. The quantitative estimate of drug-likeness (QED) is 0.658. The van der Waals surface area contributed by atoms with Gasteiger partial charge in [-0.15, -0.1) is 0 Å². The van der Waals surface area contributed by atoms with Crippen molar-refractivity contribution >= 4 is 0 Å². The predicted octanol–water partition coefficient (Wildman–Crippen LogP) is 1.08. The van der Waals surface area contributed by atoms with E-state index in [4.69, 9.17) is 0 Å². The smallest absolute Gasteiger partial charge is 0.0243 e. The van der Waals surface area contributed by atoms with Gasteiger partial charge in [0, 0.05) is 12.1 Å². The molecule has 0 aliphatic heterocycles. The fraction of sp³-hybridized carbons (Fsp3) is 1.00. The Kier molecular flexibility index (Phi) is 3.34. The van der Waals surface area contributed by atoms with Gasteiger partial charge < -0.3 is 10.2 Å². The molecule has 0 heterocycles. The Morgan fingerprint density at radius 2 is 2.09 bits per heavy atom. The van der Waals surface area contributed by atoms with Crippen molar-refractivity contribution in [1.29, 1.82) is 0 Å². The van der Waals surface area contributed by atoms with E-state index in [1.807, 2.05) is 0 Å². The summed E-state index contributed by atoms with van der Waals surface area (Å²) in [6.45, 7) is 3.29. The maximum absolute atomic E-state index is 3.53.